The quantitative estimate of drug-likeness (QED) is 0.436. The van der Waals surface area contributed by atoms with Gasteiger partial charge in [-0.1, -0.05) is 54.6 Å². The molecule has 0 saturated heterocycles. The van der Waals surface area contributed by atoms with Crippen molar-refractivity contribution in [3.8, 4) is 33.9 Å². The number of nitrogens with zero attached hydrogens (tertiary/aromatic N) is 1. The van der Waals surface area contributed by atoms with Gasteiger partial charge in [0.1, 0.15) is 0 Å². The second-order valence-corrected chi connectivity index (χ2v) is 5.52. The van der Waals surface area contributed by atoms with Crippen molar-refractivity contribution in [1.82, 2.24) is 4.98 Å². The Labute approximate surface area is 141 Å². The molecular formula is C22H16NO+. The Morgan fingerprint density at radius 1 is 0.542 bits per heavy atom. The van der Waals surface area contributed by atoms with Gasteiger partial charge in [0.05, 0.1) is 17.7 Å². The number of hydrogen-bond donors (Lipinski definition) is 0. The van der Waals surface area contributed by atoms with E-state index in [4.69, 9.17) is 4.42 Å². The zero-order chi connectivity index (χ0) is 16.2. The Morgan fingerprint density at radius 3 is 1.83 bits per heavy atom. The molecule has 2 heterocycles. The predicted molar refractivity (Wildman–Crippen MR) is 97.2 cm³/mol. The van der Waals surface area contributed by atoms with Crippen LogP contribution in [0.5, 0.6) is 0 Å². The molecule has 0 atom stereocenters. The standard InChI is InChI=1S/C22H16NO/c1-3-9-17(10-4-1)19-15-21(18-11-5-2-6-12-18)24-22(16-19)20-13-7-8-14-23-20/h1-16H/q+1. The first-order valence-electron chi connectivity index (χ1n) is 7.90. The Bertz CT molecular complexity index is 796. The van der Waals surface area contributed by atoms with Gasteiger partial charge in [0, 0.05) is 11.8 Å². The van der Waals surface area contributed by atoms with Gasteiger partial charge in [-0.15, -0.1) is 0 Å². The number of pyridine rings is 1. The Morgan fingerprint density at radius 2 is 1.17 bits per heavy atom. The van der Waals surface area contributed by atoms with Gasteiger partial charge in [0.25, 0.3) is 0 Å². The van der Waals surface area contributed by atoms with Crippen LogP contribution in [0, 0.1) is 0 Å². The SMILES string of the molecule is c1ccc(-c2cc(-c3ccccc3)[o+]c(-c3ccccn3)c2)cc1. The smallest absolute Gasteiger partial charge is 0.247 e. The lowest BCUT2D eigenvalue weighted by molar-refractivity contribution is 0.580. The Kier molecular flexibility index (Phi) is 3.86. The van der Waals surface area contributed by atoms with E-state index in [1.54, 1.807) is 6.20 Å². The molecule has 114 valence electrons. The minimum Gasteiger partial charge on any atom is -0.247 e. The minimum absolute atomic E-state index is 0.760. The first kappa shape index (κ1) is 14.3. The molecule has 0 aliphatic heterocycles. The molecule has 0 N–H and O–H groups in total. The van der Waals surface area contributed by atoms with Crippen LogP contribution in [0.15, 0.2) is 102 Å². The van der Waals surface area contributed by atoms with Gasteiger partial charge in [0.15, 0.2) is 5.69 Å². The zero-order valence-corrected chi connectivity index (χ0v) is 13.1. The lowest BCUT2D eigenvalue weighted by Crippen LogP contribution is -1.87. The monoisotopic (exact) mass is 310 g/mol. The fraction of sp³-hybridized carbons (Fsp3) is 0. The van der Waals surface area contributed by atoms with Gasteiger partial charge in [-0.25, -0.2) is 9.40 Å². The van der Waals surface area contributed by atoms with Gasteiger partial charge >= 0.3 is 11.5 Å². The van der Waals surface area contributed by atoms with Crippen LogP contribution in [0.1, 0.15) is 0 Å². The molecule has 4 rings (SSSR count). The van der Waals surface area contributed by atoms with Crippen LogP contribution in [-0.4, -0.2) is 4.98 Å². The average molecular weight is 310 g/mol. The van der Waals surface area contributed by atoms with Crippen LogP contribution in [-0.2, 0) is 0 Å². The molecule has 2 aromatic heterocycles. The average Bonchev–Trinajstić information content (AvgIpc) is 2.70. The lowest BCUT2D eigenvalue weighted by Gasteiger charge is -2.01. The van der Waals surface area contributed by atoms with Gasteiger partial charge in [0.2, 0.25) is 0 Å². The third-order valence-electron chi connectivity index (χ3n) is 3.88. The van der Waals surface area contributed by atoms with E-state index in [0.717, 1.165) is 33.9 Å². The second-order valence-electron chi connectivity index (χ2n) is 5.52. The number of benzene rings is 2. The first-order valence-corrected chi connectivity index (χ1v) is 7.90. The van der Waals surface area contributed by atoms with Gasteiger partial charge in [-0.2, -0.15) is 0 Å². The molecule has 2 heteroatoms. The van der Waals surface area contributed by atoms with Crippen LogP contribution in [0.4, 0.5) is 0 Å². The maximum absolute atomic E-state index is 6.15. The van der Waals surface area contributed by atoms with Crippen molar-refractivity contribution in [2.75, 3.05) is 0 Å². The molecule has 2 nitrogen and oxygen atoms in total. The summed E-state index contributed by atoms with van der Waals surface area (Å²) in [5.41, 5.74) is 4.14. The lowest BCUT2D eigenvalue weighted by atomic mass is 10.0. The topological polar surface area (TPSA) is 24.2 Å². The highest BCUT2D eigenvalue weighted by molar-refractivity contribution is 5.73. The summed E-state index contributed by atoms with van der Waals surface area (Å²) in [4.78, 5) is 4.42. The summed E-state index contributed by atoms with van der Waals surface area (Å²) in [5.74, 6) is 1.59. The van der Waals surface area contributed by atoms with E-state index in [9.17, 15) is 0 Å². The van der Waals surface area contributed by atoms with E-state index < -0.39 is 0 Å². The molecule has 0 aliphatic carbocycles. The van der Waals surface area contributed by atoms with Crippen molar-refractivity contribution in [3.05, 3.63) is 97.2 Å². The van der Waals surface area contributed by atoms with E-state index in [1.807, 2.05) is 60.7 Å². The summed E-state index contributed by atoms with van der Waals surface area (Å²) in [6, 6.07) is 30.4. The first-order chi connectivity index (χ1) is 11.9. The molecule has 0 saturated carbocycles. The van der Waals surface area contributed by atoms with E-state index in [2.05, 4.69) is 35.3 Å². The van der Waals surface area contributed by atoms with Crippen LogP contribution < -0.4 is 0 Å². The van der Waals surface area contributed by atoms with Crippen molar-refractivity contribution in [2.45, 2.75) is 0 Å². The van der Waals surface area contributed by atoms with E-state index >= 15 is 0 Å². The molecule has 0 spiro atoms. The largest absolute Gasteiger partial charge is 0.379 e. The Balaban J connectivity index is 1.92. The highest BCUT2D eigenvalue weighted by atomic mass is 16.3. The normalized spacial score (nSPS) is 10.5. The van der Waals surface area contributed by atoms with E-state index in [0.29, 0.717) is 0 Å². The minimum atomic E-state index is 0.760. The molecular weight excluding hydrogens is 294 g/mol. The Hall–Kier alpha value is -3.26. The molecule has 0 unspecified atom stereocenters. The number of rotatable bonds is 3. The highest BCUT2D eigenvalue weighted by Crippen LogP contribution is 2.31. The summed E-state index contributed by atoms with van der Waals surface area (Å²) in [6.45, 7) is 0. The van der Waals surface area contributed by atoms with Gasteiger partial charge in [-0.05, 0) is 29.8 Å². The maximum atomic E-state index is 6.15. The van der Waals surface area contributed by atoms with Crippen molar-refractivity contribution in [2.24, 2.45) is 0 Å². The number of hydrogen-bond acceptors (Lipinski definition) is 1. The summed E-state index contributed by atoms with van der Waals surface area (Å²) in [7, 11) is 0. The molecule has 2 aromatic carbocycles. The van der Waals surface area contributed by atoms with Crippen LogP contribution in [0.3, 0.4) is 0 Å². The van der Waals surface area contributed by atoms with E-state index in [-0.39, 0.29) is 0 Å². The van der Waals surface area contributed by atoms with Crippen LogP contribution >= 0.6 is 0 Å². The summed E-state index contributed by atoms with van der Waals surface area (Å²) >= 11 is 0. The van der Waals surface area contributed by atoms with Gasteiger partial charge < -0.3 is 0 Å². The predicted octanol–water partition coefficient (Wildman–Crippen LogP) is 5.96. The molecule has 0 bridgehead atoms. The molecule has 24 heavy (non-hydrogen) atoms. The molecule has 0 amide bonds. The molecule has 0 radical (unpaired) electrons. The highest BCUT2D eigenvalue weighted by Gasteiger charge is 2.20. The number of aromatic nitrogens is 1. The second kappa shape index (κ2) is 6.47. The maximum Gasteiger partial charge on any atom is 0.379 e. The van der Waals surface area contributed by atoms with Crippen molar-refractivity contribution >= 4 is 0 Å². The molecule has 0 fully saturated rings. The zero-order valence-electron chi connectivity index (χ0n) is 13.1. The summed E-state index contributed by atoms with van der Waals surface area (Å²) < 4.78 is 6.15. The van der Waals surface area contributed by atoms with Crippen molar-refractivity contribution < 1.29 is 4.42 Å². The van der Waals surface area contributed by atoms with Crippen molar-refractivity contribution in [1.29, 1.82) is 0 Å². The fourth-order valence-electron chi connectivity index (χ4n) is 2.68. The summed E-state index contributed by atoms with van der Waals surface area (Å²) in [6.07, 6.45) is 1.78. The third-order valence-corrected chi connectivity index (χ3v) is 3.88. The molecule has 0 aliphatic rings. The fourth-order valence-corrected chi connectivity index (χ4v) is 2.68. The molecule has 4 aromatic rings. The van der Waals surface area contributed by atoms with Crippen LogP contribution in [0.2, 0.25) is 0 Å². The van der Waals surface area contributed by atoms with Crippen LogP contribution in [0.25, 0.3) is 33.9 Å². The third kappa shape index (κ3) is 2.95. The summed E-state index contributed by atoms with van der Waals surface area (Å²) in [5, 5.41) is 0. The van der Waals surface area contributed by atoms with Gasteiger partial charge in [-0.3, -0.25) is 0 Å². The van der Waals surface area contributed by atoms with E-state index in [1.165, 1.54) is 0 Å². The van der Waals surface area contributed by atoms with Crippen molar-refractivity contribution in [3.63, 3.8) is 0 Å².